The Labute approximate surface area is 231 Å². The maximum absolute atomic E-state index is 14.9. The summed E-state index contributed by atoms with van der Waals surface area (Å²) in [5, 5.41) is 5.92. The minimum Gasteiger partial charge on any atom is -0.462 e. The third kappa shape index (κ3) is 4.67. The van der Waals surface area contributed by atoms with Crippen LogP contribution in [-0.4, -0.2) is 59.7 Å². The van der Waals surface area contributed by atoms with Crippen molar-refractivity contribution in [3.05, 3.63) is 58.7 Å². The van der Waals surface area contributed by atoms with Crippen LogP contribution in [0.1, 0.15) is 73.9 Å². The monoisotopic (exact) mass is 529 g/mol. The highest BCUT2D eigenvalue weighted by Gasteiger charge is 2.37. The molecule has 4 aliphatic rings. The van der Waals surface area contributed by atoms with Crippen LogP contribution >= 0.6 is 0 Å². The Balaban J connectivity index is 1.24. The van der Waals surface area contributed by atoms with Crippen LogP contribution in [0.4, 0.5) is 10.1 Å². The first-order chi connectivity index (χ1) is 19.1. The number of fused-ring (bicyclic) bond motifs is 4. The summed E-state index contributed by atoms with van der Waals surface area (Å²) in [4.78, 5) is 14.9. The first-order valence-corrected chi connectivity index (χ1v) is 15.0. The van der Waals surface area contributed by atoms with Crippen molar-refractivity contribution in [2.45, 2.75) is 88.9 Å². The van der Waals surface area contributed by atoms with Crippen molar-refractivity contribution in [3.8, 4) is 6.01 Å². The fourth-order valence-corrected chi connectivity index (χ4v) is 7.70. The molecule has 0 radical (unpaired) electrons. The van der Waals surface area contributed by atoms with Crippen LogP contribution in [0, 0.1) is 5.82 Å². The third-order valence-electron chi connectivity index (χ3n) is 9.78. The maximum atomic E-state index is 14.9. The average molecular weight is 530 g/mol. The number of hydrogen-bond donors (Lipinski definition) is 1. The molecule has 1 unspecified atom stereocenters. The van der Waals surface area contributed by atoms with Gasteiger partial charge in [-0.3, -0.25) is 0 Å². The van der Waals surface area contributed by atoms with Crippen molar-refractivity contribution in [3.63, 3.8) is 0 Å². The highest BCUT2D eigenvalue weighted by Crippen LogP contribution is 2.41. The lowest BCUT2D eigenvalue weighted by Gasteiger charge is -2.35. The number of piperidine rings is 1. The molecule has 39 heavy (non-hydrogen) atoms. The van der Waals surface area contributed by atoms with Gasteiger partial charge in [0.2, 0.25) is 0 Å². The Bertz CT molecular complexity index is 1370. The quantitative estimate of drug-likeness (QED) is 0.464. The normalized spacial score (nSPS) is 26.8. The van der Waals surface area contributed by atoms with Gasteiger partial charge in [0, 0.05) is 41.7 Å². The van der Waals surface area contributed by atoms with Crippen molar-refractivity contribution in [1.29, 1.82) is 0 Å². The minimum atomic E-state index is -0.118. The topological polar surface area (TPSA) is 53.5 Å². The Morgan fingerprint density at radius 3 is 2.67 bits per heavy atom. The van der Waals surface area contributed by atoms with Crippen molar-refractivity contribution >= 4 is 16.5 Å². The van der Waals surface area contributed by atoms with Gasteiger partial charge >= 0.3 is 6.01 Å². The average Bonchev–Trinajstić information content (AvgIpc) is 3.53. The lowest BCUT2D eigenvalue weighted by molar-refractivity contribution is 0.186. The van der Waals surface area contributed by atoms with Gasteiger partial charge in [-0.1, -0.05) is 25.1 Å². The van der Waals surface area contributed by atoms with E-state index in [0.29, 0.717) is 49.6 Å². The number of likely N-dealkylation sites (tertiary alicyclic amines) is 1. The fraction of sp³-hybridized carbons (Fsp3) is 0.562. The largest absolute Gasteiger partial charge is 0.462 e. The number of aromatic nitrogens is 2. The van der Waals surface area contributed by atoms with Crippen LogP contribution in [0.15, 0.2) is 30.3 Å². The second kappa shape index (κ2) is 10.3. The van der Waals surface area contributed by atoms with Crippen molar-refractivity contribution in [2.24, 2.45) is 0 Å². The summed E-state index contributed by atoms with van der Waals surface area (Å²) in [6.45, 7) is 5.38. The molecule has 3 saturated heterocycles. The van der Waals surface area contributed by atoms with Gasteiger partial charge in [0.15, 0.2) is 0 Å². The molecule has 7 heteroatoms. The Hall–Kier alpha value is -2.77. The van der Waals surface area contributed by atoms with E-state index in [9.17, 15) is 4.39 Å². The maximum Gasteiger partial charge on any atom is 0.316 e. The number of rotatable bonds is 6. The summed E-state index contributed by atoms with van der Waals surface area (Å²) >= 11 is 0. The highest BCUT2D eigenvalue weighted by atomic mass is 19.1. The number of nitrogens with one attached hydrogen (secondary N) is 1. The molecule has 206 valence electrons. The van der Waals surface area contributed by atoms with E-state index >= 15 is 0 Å². The van der Waals surface area contributed by atoms with E-state index in [1.54, 1.807) is 6.07 Å². The first kappa shape index (κ1) is 25.2. The van der Waals surface area contributed by atoms with Crippen LogP contribution in [0.2, 0.25) is 0 Å². The van der Waals surface area contributed by atoms with Gasteiger partial charge in [0.1, 0.15) is 12.4 Å². The molecule has 4 aliphatic heterocycles. The molecule has 1 N–H and O–H groups in total. The Kier molecular flexibility index (Phi) is 6.68. The molecule has 0 aliphatic carbocycles. The lowest BCUT2D eigenvalue weighted by atomic mass is 9.85. The van der Waals surface area contributed by atoms with E-state index in [1.807, 2.05) is 13.0 Å². The van der Waals surface area contributed by atoms with Crippen molar-refractivity contribution < 1.29 is 9.13 Å². The molecule has 5 heterocycles. The van der Waals surface area contributed by atoms with E-state index in [-0.39, 0.29) is 5.82 Å². The molecule has 3 aromatic rings. The number of halogens is 1. The number of nitrogens with zero attached hydrogens (tertiary/aromatic N) is 4. The molecule has 6 nitrogen and oxygen atoms in total. The molecule has 4 atom stereocenters. The van der Waals surface area contributed by atoms with E-state index in [1.165, 1.54) is 30.5 Å². The molecular formula is C32H40FN5O. The molecule has 2 bridgehead atoms. The number of aryl methyl sites for hydroxylation is 1. The van der Waals surface area contributed by atoms with Gasteiger partial charge in [-0.05, 0) is 93.6 Å². The zero-order valence-corrected chi connectivity index (χ0v) is 23.3. The number of ether oxygens (including phenoxy) is 1. The molecule has 0 spiro atoms. The molecule has 2 aromatic carbocycles. The Morgan fingerprint density at radius 1 is 1.05 bits per heavy atom. The molecule has 1 aromatic heterocycles. The van der Waals surface area contributed by atoms with Crippen LogP contribution in [0.3, 0.4) is 0 Å². The molecule has 0 amide bonds. The van der Waals surface area contributed by atoms with Gasteiger partial charge in [-0.2, -0.15) is 9.97 Å². The molecule has 7 rings (SSSR count). The smallest absolute Gasteiger partial charge is 0.316 e. The molecular weight excluding hydrogens is 489 g/mol. The second-order valence-electron chi connectivity index (χ2n) is 12.1. The van der Waals surface area contributed by atoms with Crippen molar-refractivity contribution in [2.75, 3.05) is 31.6 Å². The predicted octanol–water partition coefficient (Wildman–Crippen LogP) is 5.37. The van der Waals surface area contributed by atoms with E-state index in [2.05, 4.69) is 40.4 Å². The summed E-state index contributed by atoms with van der Waals surface area (Å²) in [5.41, 5.74) is 5.53. The van der Waals surface area contributed by atoms with Crippen LogP contribution < -0.4 is 15.0 Å². The predicted molar refractivity (Wildman–Crippen MR) is 153 cm³/mol. The number of benzene rings is 2. The second-order valence-corrected chi connectivity index (χ2v) is 12.1. The van der Waals surface area contributed by atoms with Crippen LogP contribution in [0.25, 0.3) is 10.8 Å². The summed E-state index contributed by atoms with van der Waals surface area (Å²) in [6, 6.07) is 12.0. The van der Waals surface area contributed by atoms with E-state index in [0.717, 1.165) is 66.5 Å². The summed E-state index contributed by atoms with van der Waals surface area (Å²) in [6.07, 6.45) is 8.81. The van der Waals surface area contributed by atoms with Gasteiger partial charge in [0.05, 0.1) is 17.9 Å². The SMILES string of the molecule is CCc1c(F)ccc2cccc(N3CCc4c(nc(OC[C@@H]5CCCN5C)nc4C4C[C@H]5CC[C@@H](C4)N5)C3)c12. The highest BCUT2D eigenvalue weighted by molar-refractivity contribution is 5.97. The summed E-state index contributed by atoms with van der Waals surface area (Å²) < 4.78 is 21.2. The zero-order valence-electron chi connectivity index (χ0n) is 23.3. The van der Waals surface area contributed by atoms with E-state index in [4.69, 9.17) is 14.7 Å². The number of anilines is 1. The zero-order chi connectivity index (χ0) is 26.5. The minimum absolute atomic E-state index is 0.118. The molecule has 0 saturated carbocycles. The van der Waals surface area contributed by atoms with Gasteiger partial charge < -0.3 is 19.9 Å². The van der Waals surface area contributed by atoms with Crippen LogP contribution in [-0.2, 0) is 19.4 Å². The lowest BCUT2D eigenvalue weighted by Crippen LogP contribution is -2.39. The summed E-state index contributed by atoms with van der Waals surface area (Å²) in [5.74, 6) is 0.342. The number of likely N-dealkylation sites (N-methyl/N-ethyl adjacent to an activating group) is 1. The standard InChI is InChI=1S/C32H40FN5O/c1-3-25-27(33)12-9-20-6-4-8-29(30(20)25)38-15-13-26-28(18-38)35-32(39-19-24-7-5-14-37(24)2)36-31(26)21-16-22-10-11-23(17-21)34-22/h4,6,8-9,12,21-24,34H,3,5,7,10-11,13-19H2,1-2H3/t21?,22-,23+,24-/m0/s1. The Morgan fingerprint density at radius 2 is 1.90 bits per heavy atom. The third-order valence-corrected chi connectivity index (χ3v) is 9.78. The molecule has 3 fully saturated rings. The van der Waals surface area contributed by atoms with Crippen molar-refractivity contribution in [1.82, 2.24) is 20.2 Å². The van der Waals surface area contributed by atoms with Crippen LogP contribution in [0.5, 0.6) is 6.01 Å². The van der Waals surface area contributed by atoms with Gasteiger partial charge in [-0.15, -0.1) is 0 Å². The van der Waals surface area contributed by atoms with E-state index < -0.39 is 0 Å². The first-order valence-electron chi connectivity index (χ1n) is 15.0. The van der Waals surface area contributed by atoms with Gasteiger partial charge in [0.25, 0.3) is 0 Å². The van der Waals surface area contributed by atoms with Gasteiger partial charge in [-0.25, -0.2) is 4.39 Å². The number of hydrogen-bond acceptors (Lipinski definition) is 6. The fourth-order valence-electron chi connectivity index (χ4n) is 7.70. The summed E-state index contributed by atoms with van der Waals surface area (Å²) in [7, 11) is 2.18.